The van der Waals surface area contributed by atoms with Crippen LogP contribution in [0.2, 0.25) is 0 Å². The molecule has 2 rings (SSSR count). The molecule has 0 radical (unpaired) electrons. The number of nitrogens with zero attached hydrogens (tertiary/aromatic N) is 3. The van der Waals surface area contributed by atoms with Gasteiger partial charge in [-0.3, -0.25) is 0 Å². The second-order valence-electron chi connectivity index (χ2n) is 5.45. The van der Waals surface area contributed by atoms with Gasteiger partial charge in [0.1, 0.15) is 0 Å². The number of para-hydroxylation sites is 1. The lowest BCUT2D eigenvalue weighted by molar-refractivity contribution is 0.445. The molecule has 1 atom stereocenters. The van der Waals surface area contributed by atoms with Crippen LogP contribution >= 0.6 is 0 Å². The fraction of sp³-hybridized carbons (Fsp3) is 0.529. The van der Waals surface area contributed by atoms with Crippen LogP contribution in [0.3, 0.4) is 0 Å². The zero-order chi connectivity index (χ0) is 14.9. The number of aromatic nitrogens is 3. The second-order valence-corrected chi connectivity index (χ2v) is 5.45. The van der Waals surface area contributed by atoms with Gasteiger partial charge in [-0.2, -0.15) is 0 Å². The van der Waals surface area contributed by atoms with Crippen molar-refractivity contribution >= 4 is 0 Å². The fourth-order valence-corrected chi connectivity index (χ4v) is 2.58. The lowest BCUT2D eigenvalue weighted by atomic mass is 10.0. The summed E-state index contributed by atoms with van der Waals surface area (Å²) in [6, 6.07) is 10.8. The van der Waals surface area contributed by atoms with Gasteiger partial charge in [0.05, 0.1) is 17.6 Å². The molecule has 0 aliphatic carbocycles. The first-order valence-corrected chi connectivity index (χ1v) is 8.03. The van der Waals surface area contributed by atoms with E-state index >= 15 is 0 Å². The Kier molecular flexibility index (Phi) is 6.41. The maximum absolute atomic E-state index is 4.22. The third-order valence-electron chi connectivity index (χ3n) is 3.69. The van der Waals surface area contributed by atoms with E-state index in [0.717, 1.165) is 25.1 Å². The van der Waals surface area contributed by atoms with Gasteiger partial charge >= 0.3 is 0 Å². The topological polar surface area (TPSA) is 42.7 Å². The molecule has 1 heterocycles. The normalized spacial score (nSPS) is 12.5. The highest BCUT2D eigenvalue weighted by molar-refractivity contribution is 5.31. The van der Waals surface area contributed by atoms with Gasteiger partial charge in [0.2, 0.25) is 0 Å². The fourth-order valence-electron chi connectivity index (χ4n) is 2.58. The van der Waals surface area contributed by atoms with Gasteiger partial charge in [0.25, 0.3) is 0 Å². The molecular formula is C17H26N4. The molecular weight excluding hydrogens is 260 g/mol. The summed E-state index contributed by atoms with van der Waals surface area (Å²) < 4.78 is 1.95. The van der Waals surface area contributed by atoms with Crippen LogP contribution in [0, 0.1) is 0 Å². The predicted molar refractivity (Wildman–Crippen MR) is 86.7 cm³/mol. The Balaban J connectivity index is 1.98. The highest BCUT2D eigenvalue weighted by Crippen LogP contribution is 2.12. The third kappa shape index (κ3) is 4.67. The smallest absolute Gasteiger partial charge is 0.0729 e. The number of hydrogen-bond donors (Lipinski definition) is 1. The van der Waals surface area contributed by atoms with Crippen molar-refractivity contribution in [3.05, 3.63) is 42.2 Å². The summed E-state index contributed by atoms with van der Waals surface area (Å²) in [5, 5.41) is 11.9. The molecule has 0 saturated carbocycles. The molecule has 1 aromatic carbocycles. The maximum Gasteiger partial charge on any atom is 0.0729 e. The minimum atomic E-state index is 0.592. The summed E-state index contributed by atoms with van der Waals surface area (Å²) >= 11 is 0. The molecule has 114 valence electrons. The Bertz CT molecular complexity index is 507. The van der Waals surface area contributed by atoms with Gasteiger partial charge in [-0.1, -0.05) is 43.7 Å². The molecule has 0 fully saturated rings. The average molecular weight is 286 g/mol. The SMILES string of the molecule is CCCNC(CCC)CCc1cnnn1-c1ccccc1. The molecule has 0 aliphatic rings. The van der Waals surface area contributed by atoms with Crippen molar-refractivity contribution in [2.75, 3.05) is 6.54 Å². The van der Waals surface area contributed by atoms with Crippen molar-refractivity contribution in [2.24, 2.45) is 0 Å². The summed E-state index contributed by atoms with van der Waals surface area (Å²) in [7, 11) is 0. The predicted octanol–water partition coefficient (Wildman–Crippen LogP) is 3.37. The van der Waals surface area contributed by atoms with Gasteiger partial charge in [0, 0.05) is 6.04 Å². The molecule has 0 amide bonds. The summed E-state index contributed by atoms with van der Waals surface area (Å²) in [4.78, 5) is 0. The molecule has 2 aromatic rings. The summed E-state index contributed by atoms with van der Waals surface area (Å²) in [6.07, 6.45) is 7.65. The first-order valence-electron chi connectivity index (χ1n) is 8.03. The summed E-state index contributed by atoms with van der Waals surface area (Å²) in [6.45, 7) is 5.56. The van der Waals surface area contributed by atoms with Crippen LogP contribution in [0.5, 0.6) is 0 Å². The van der Waals surface area contributed by atoms with E-state index in [1.165, 1.54) is 25.0 Å². The van der Waals surface area contributed by atoms with Crippen LogP contribution in [-0.4, -0.2) is 27.6 Å². The number of benzene rings is 1. The van der Waals surface area contributed by atoms with Crippen molar-refractivity contribution in [1.82, 2.24) is 20.3 Å². The summed E-state index contributed by atoms with van der Waals surface area (Å²) in [5.41, 5.74) is 2.26. The quantitative estimate of drug-likeness (QED) is 0.768. The Hall–Kier alpha value is -1.68. The summed E-state index contributed by atoms with van der Waals surface area (Å²) in [5.74, 6) is 0. The monoisotopic (exact) mass is 286 g/mol. The van der Waals surface area contributed by atoms with Crippen LogP contribution in [0.25, 0.3) is 5.69 Å². The minimum Gasteiger partial charge on any atom is -0.314 e. The molecule has 0 aliphatic heterocycles. The van der Waals surface area contributed by atoms with E-state index in [4.69, 9.17) is 0 Å². The molecule has 0 spiro atoms. The van der Waals surface area contributed by atoms with Gasteiger partial charge in [-0.05, 0) is 44.4 Å². The van der Waals surface area contributed by atoms with Crippen molar-refractivity contribution in [1.29, 1.82) is 0 Å². The zero-order valence-electron chi connectivity index (χ0n) is 13.1. The van der Waals surface area contributed by atoms with Gasteiger partial charge in [-0.25, -0.2) is 4.68 Å². The Morgan fingerprint density at radius 3 is 2.62 bits per heavy atom. The number of nitrogens with one attached hydrogen (secondary N) is 1. The largest absolute Gasteiger partial charge is 0.314 e. The van der Waals surface area contributed by atoms with Crippen molar-refractivity contribution < 1.29 is 0 Å². The molecule has 0 saturated heterocycles. The number of hydrogen-bond acceptors (Lipinski definition) is 3. The number of rotatable bonds is 9. The van der Waals surface area contributed by atoms with Crippen molar-refractivity contribution in [3.63, 3.8) is 0 Å². The average Bonchev–Trinajstić information content (AvgIpc) is 2.99. The van der Waals surface area contributed by atoms with Crippen LogP contribution in [0.1, 0.15) is 45.2 Å². The van der Waals surface area contributed by atoms with Crippen LogP contribution < -0.4 is 5.32 Å². The molecule has 4 heteroatoms. The van der Waals surface area contributed by atoms with Crippen molar-refractivity contribution in [3.8, 4) is 5.69 Å². The molecule has 1 unspecified atom stereocenters. The van der Waals surface area contributed by atoms with E-state index in [9.17, 15) is 0 Å². The van der Waals surface area contributed by atoms with E-state index in [1.807, 2.05) is 29.1 Å². The first kappa shape index (κ1) is 15.7. The molecule has 0 bridgehead atoms. The van der Waals surface area contributed by atoms with Gasteiger partial charge in [-0.15, -0.1) is 5.10 Å². The highest BCUT2D eigenvalue weighted by Gasteiger charge is 2.10. The van der Waals surface area contributed by atoms with Crippen LogP contribution in [-0.2, 0) is 6.42 Å². The van der Waals surface area contributed by atoms with E-state index in [1.54, 1.807) is 0 Å². The lowest BCUT2D eigenvalue weighted by Gasteiger charge is -2.17. The first-order chi connectivity index (χ1) is 10.3. The zero-order valence-corrected chi connectivity index (χ0v) is 13.1. The maximum atomic E-state index is 4.22. The molecule has 4 nitrogen and oxygen atoms in total. The number of aryl methyl sites for hydroxylation is 1. The van der Waals surface area contributed by atoms with E-state index in [-0.39, 0.29) is 0 Å². The van der Waals surface area contributed by atoms with E-state index in [2.05, 4.69) is 41.6 Å². The van der Waals surface area contributed by atoms with E-state index in [0.29, 0.717) is 6.04 Å². The Morgan fingerprint density at radius 1 is 1.10 bits per heavy atom. The standard InChI is InChI=1S/C17H26N4/c1-3-8-15(18-13-4-2)11-12-17-14-19-20-21(17)16-9-6-5-7-10-16/h5-7,9-10,14-15,18H,3-4,8,11-13H2,1-2H3. The molecule has 1 N–H and O–H groups in total. The molecule has 1 aromatic heterocycles. The third-order valence-corrected chi connectivity index (χ3v) is 3.69. The minimum absolute atomic E-state index is 0.592. The lowest BCUT2D eigenvalue weighted by Crippen LogP contribution is -2.30. The van der Waals surface area contributed by atoms with Crippen LogP contribution in [0.4, 0.5) is 0 Å². The van der Waals surface area contributed by atoms with E-state index < -0.39 is 0 Å². The van der Waals surface area contributed by atoms with Gasteiger partial charge in [0.15, 0.2) is 0 Å². The second kappa shape index (κ2) is 8.57. The van der Waals surface area contributed by atoms with Gasteiger partial charge < -0.3 is 5.32 Å². The Morgan fingerprint density at radius 2 is 1.90 bits per heavy atom. The highest BCUT2D eigenvalue weighted by atomic mass is 15.4. The van der Waals surface area contributed by atoms with Crippen LogP contribution in [0.15, 0.2) is 36.5 Å². The van der Waals surface area contributed by atoms with Crippen molar-refractivity contribution in [2.45, 2.75) is 52.0 Å². The molecule has 21 heavy (non-hydrogen) atoms. The Labute approximate surface area is 127 Å².